The molecule has 0 fully saturated rings. The van der Waals surface area contributed by atoms with Crippen molar-refractivity contribution in [2.24, 2.45) is 7.05 Å². The van der Waals surface area contributed by atoms with Crippen LogP contribution < -0.4 is 0 Å². The second-order valence-corrected chi connectivity index (χ2v) is 12.1. The number of rotatable bonds is 6. The number of benzene rings is 3. The summed E-state index contributed by atoms with van der Waals surface area (Å²) >= 11 is 7.86. The summed E-state index contributed by atoms with van der Waals surface area (Å²) in [6.07, 6.45) is -0.903. The van der Waals surface area contributed by atoms with Crippen LogP contribution in [-0.4, -0.2) is 32.7 Å². The molecule has 0 amide bonds. The Balaban J connectivity index is 1.78. The van der Waals surface area contributed by atoms with E-state index < -0.39 is 17.7 Å². The first-order valence-corrected chi connectivity index (χ1v) is 14.1. The summed E-state index contributed by atoms with van der Waals surface area (Å²) in [5.41, 5.74) is 6.84. The third kappa shape index (κ3) is 5.31. The molecule has 0 spiro atoms. The van der Waals surface area contributed by atoms with Crippen molar-refractivity contribution in [1.29, 1.82) is 0 Å². The van der Waals surface area contributed by atoms with Crippen LogP contribution in [0.15, 0.2) is 48.5 Å². The first-order chi connectivity index (χ1) is 18.5. The zero-order chi connectivity index (χ0) is 28.1. The average molecular weight is 562 g/mol. The normalized spacial score (nSPS) is 12.8. The summed E-state index contributed by atoms with van der Waals surface area (Å²) in [5, 5.41) is 1.53. The SMILES string of the molecule is CCOC(=O)C(OC(C)(C)C)c1c(C)cc2nc(-c3ccc4nc(C)n(C)c4c3)sc2c1-c1ccc(Cl)cc1. The lowest BCUT2D eigenvalue weighted by Gasteiger charge is -2.29. The Hall–Kier alpha value is -3.26. The van der Waals surface area contributed by atoms with Crippen LogP contribution in [0.2, 0.25) is 5.02 Å². The van der Waals surface area contributed by atoms with Crippen LogP contribution in [0.1, 0.15) is 50.8 Å². The molecule has 6 nitrogen and oxygen atoms in total. The number of esters is 1. The Labute approximate surface area is 237 Å². The van der Waals surface area contributed by atoms with Gasteiger partial charge in [-0.15, -0.1) is 11.3 Å². The van der Waals surface area contributed by atoms with Crippen LogP contribution >= 0.6 is 22.9 Å². The Bertz CT molecular complexity index is 1700. The first kappa shape index (κ1) is 27.3. The molecule has 0 radical (unpaired) electrons. The molecule has 1 unspecified atom stereocenters. The minimum atomic E-state index is -0.903. The molecular weight excluding hydrogens is 530 g/mol. The van der Waals surface area contributed by atoms with E-state index in [-0.39, 0.29) is 6.61 Å². The number of imidazole rings is 1. The molecule has 1 atom stereocenters. The van der Waals surface area contributed by atoms with Gasteiger partial charge in [-0.3, -0.25) is 0 Å². The lowest BCUT2D eigenvalue weighted by molar-refractivity contribution is -0.166. The van der Waals surface area contributed by atoms with Crippen LogP contribution in [0, 0.1) is 13.8 Å². The third-order valence-corrected chi connectivity index (χ3v) is 8.04. The summed E-state index contributed by atoms with van der Waals surface area (Å²) in [6.45, 7) is 11.9. The highest BCUT2D eigenvalue weighted by atomic mass is 35.5. The van der Waals surface area contributed by atoms with E-state index in [1.165, 1.54) is 0 Å². The van der Waals surface area contributed by atoms with Gasteiger partial charge in [0.25, 0.3) is 0 Å². The van der Waals surface area contributed by atoms with Crippen LogP contribution in [-0.2, 0) is 21.3 Å². The molecule has 8 heteroatoms. The molecule has 2 aromatic heterocycles. The molecule has 5 rings (SSSR count). The number of hydrogen-bond donors (Lipinski definition) is 0. The van der Waals surface area contributed by atoms with E-state index >= 15 is 0 Å². The Morgan fingerprint density at radius 1 is 1.03 bits per heavy atom. The van der Waals surface area contributed by atoms with Gasteiger partial charge in [-0.25, -0.2) is 14.8 Å². The second-order valence-electron chi connectivity index (χ2n) is 10.6. The number of thiazole rings is 1. The molecule has 0 aliphatic carbocycles. The van der Waals surface area contributed by atoms with Crippen molar-refractivity contribution in [3.8, 4) is 21.7 Å². The molecule has 39 heavy (non-hydrogen) atoms. The monoisotopic (exact) mass is 561 g/mol. The second kappa shape index (κ2) is 10.4. The van der Waals surface area contributed by atoms with E-state index in [2.05, 4.69) is 21.7 Å². The van der Waals surface area contributed by atoms with Crippen molar-refractivity contribution in [3.05, 3.63) is 70.5 Å². The maximum atomic E-state index is 13.3. The maximum absolute atomic E-state index is 13.3. The van der Waals surface area contributed by atoms with E-state index in [1.54, 1.807) is 18.3 Å². The molecule has 3 aromatic carbocycles. The highest BCUT2D eigenvalue weighted by Crippen LogP contribution is 2.44. The molecule has 5 aromatic rings. The Kier molecular flexibility index (Phi) is 7.27. The van der Waals surface area contributed by atoms with Gasteiger partial charge in [0.2, 0.25) is 0 Å². The van der Waals surface area contributed by atoms with E-state index in [0.29, 0.717) is 5.02 Å². The highest BCUT2D eigenvalue weighted by Gasteiger charge is 2.33. The molecule has 0 bridgehead atoms. The van der Waals surface area contributed by atoms with Crippen LogP contribution in [0.3, 0.4) is 0 Å². The van der Waals surface area contributed by atoms with Crippen molar-refractivity contribution in [2.75, 3.05) is 6.61 Å². The molecule has 0 aliphatic rings. The summed E-state index contributed by atoms with van der Waals surface area (Å²) in [5.74, 6) is 0.549. The summed E-state index contributed by atoms with van der Waals surface area (Å²) in [6, 6.07) is 15.9. The largest absolute Gasteiger partial charge is 0.464 e. The molecular formula is C31H32ClN3O3S. The molecule has 0 saturated carbocycles. The first-order valence-electron chi connectivity index (χ1n) is 12.9. The van der Waals surface area contributed by atoms with Gasteiger partial charge in [-0.2, -0.15) is 0 Å². The van der Waals surface area contributed by atoms with Gasteiger partial charge in [0, 0.05) is 28.8 Å². The van der Waals surface area contributed by atoms with Gasteiger partial charge in [0.15, 0.2) is 6.10 Å². The van der Waals surface area contributed by atoms with Crippen LogP contribution in [0.5, 0.6) is 0 Å². The number of carbonyl (C=O) groups is 1. The fourth-order valence-electron chi connectivity index (χ4n) is 4.82. The van der Waals surface area contributed by atoms with Crippen molar-refractivity contribution >= 4 is 50.2 Å². The lowest BCUT2D eigenvalue weighted by Crippen LogP contribution is -2.29. The number of aromatic nitrogens is 3. The Morgan fingerprint density at radius 2 is 1.72 bits per heavy atom. The van der Waals surface area contributed by atoms with E-state index in [4.69, 9.17) is 26.1 Å². The standard InChI is InChI=1S/C31H32ClN3O3S/c1-8-37-30(36)27(38-31(4,5)6)25-17(2)15-23-28(26(25)19-9-12-21(32)13-10-19)39-29(34-23)20-11-14-22-24(16-20)35(7)18(3)33-22/h9-16,27H,8H2,1-7H3. The lowest BCUT2D eigenvalue weighted by atomic mass is 9.91. The third-order valence-electron chi connectivity index (χ3n) is 6.65. The minimum absolute atomic E-state index is 0.265. The predicted molar refractivity (Wildman–Crippen MR) is 159 cm³/mol. The maximum Gasteiger partial charge on any atom is 0.339 e. The zero-order valence-electron chi connectivity index (χ0n) is 23.3. The van der Waals surface area contributed by atoms with Crippen LogP contribution in [0.25, 0.3) is 42.9 Å². The van der Waals surface area contributed by atoms with Crippen molar-refractivity contribution in [1.82, 2.24) is 14.5 Å². The van der Waals surface area contributed by atoms with E-state index in [0.717, 1.165) is 59.9 Å². The summed E-state index contributed by atoms with van der Waals surface area (Å²) in [4.78, 5) is 23.0. The number of halogens is 1. The number of nitrogens with zero attached hydrogens (tertiary/aromatic N) is 3. The van der Waals surface area contributed by atoms with E-state index in [1.807, 2.05) is 78.1 Å². The van der Waals surface area contributed by atoms with Gasteiger partial charge in [-0.05, 0) is 89.1 Å². The summed E-state index contributed by atoms with van der Waals surface area (Å²) < 4.78 is 14.9. The molecule has 0 saturated heterocycles. The van der Waals surface area contributed by atoms with E-state index in [9.17, 15) is 4.79 Å². The smallest absolute Gasteiger partial charge is 0.339 e. The van der Waals surface area contributed by atoms with Gasteiger partial charge < -0.3 is 14.0 Å². The quantitative estimate of drug-likeness (QED) is 0.195. The number of ether oxygens (including phenoxy) is 2. The highest BCUT2D eigenvalue weighted by molar-refractivity contribution is 7.22. The van der Waals surface area contributed by atoms with Gasteiger partial charge in [-0.1, -0.05) is 23.7 Å². The van der Waals surface area contributed by atoms with Crippen molar-refractivity contribution in [3.63, 3.8) is 0 Å². The van der Waals surface area contributed by atoms with Crippen molar-refractivity contribution in [2.45, 2.75) is 53.2 Å². The van der Waals surface area contributed by atoms with Gasteiger partial charge >= 0.3 is 5.97 Å². The topological polar surface area (TPSA) is 66.2 Å². The number of hydrogen-bond acceptors (Lipinski definition) is 6. The number of fused-ring (bicyclic) bond motifs is 2. The predicted octanol–water partition coefficient (Wildman–Crippen LogP) is 8.21. The number of carbonyl (C=O) groups excluding carboxylic acids is 1. The fourth-order valence-corrected chi connectivity index (χ4v) is 6.06. The minimum Gasteiger partial charge on any atom is -0.464 e. The molecule has 0 aliphatic heterocycles. The fraction of sp³-hybridized carbons (Fsp3) is 0.323. The summed E-state index contributed by atoms with van der Waals surface area (Å²) in [7, 11) is 2.02. The average Bonchev–Trinajstić information content (AvgIpc) is 3.42. The number of aryl methyl sites for hydroxylation is 3. The van der Waals surface area contributed by atoms with Gasteiger partial charge in [0.05, 0.1) is 33.5 Å². The van der Waals surface area contributed by atoms with Crippen LogP contribution in [0.4, 0.5) is 0 Å². The van der Waals surface area contributed by atoms with Gasteiger partial charge in [0.1, 0.15) is 10.8 Å². The van der Waals surface area contributed by atoms with Crippen molar-refractivity contribution < 1.29 is 14.3 Å². The molecule has 0 N–H and O–H groups in total. The zero-order valence-corrected chi connectivity index (χ0v) is 24.8. The molecule has 202 valence electrons. The Morgan fingerprint density at radius 3 is 2.38 bits per heavy atom. The molecule has 2 heterocycles.